The van der Waals surface area contributed by atoms with Gasteiger partial charge in [-0.1, -0.05) is 11.6 Å². The number of halogens is 1. The molecule has 7 nitrogen and oxygen atoms in total. The number of furan rings is 1. The van der Waals surface area contributed by atoms with Crippen LogP contribution in [0, 0.1) is 10.1 Å². The van der Waals surface area contributed by atoms with Crippen LogP contribution < -0.4 is 10.6 Å². The van der Waals surface area contributed by atoms with E-state index < -0.39 is 10.8 Å². The third-order valence-electron chi connectivity index (χ3n) is 3.52. The number of non-ortho nitro benzene ring substituents is 1. The Morgan fingerprint density at radius 1 is 1.04 bits per heavy atom. The van der Waals surface area contributed by atoms with Gasteiger partial charge in [-0.25, -0.2) is 0 Å². The number of nitrogens with one attached hydrogen (secondary N) is 2. The highest BCUT2D eigenvalue weighted by Gasteiger charge is 2.14. The van der Waals surface area contributed by atoms with Gasteiger partial charge in [0.15, 0.2) is 10.9 Å². The topological polar surface area (TPSA) is 97.4 Å². The maximum Gasteiger partial charge on any atom is 0.293 e. The van der Waals surface area contributed by atoms with Crippen LogP contribution in [0.4, 0.5) is 11.4 Å². The summed E-state index contributed by atoms with van der Waals surface area (Å²) >= 11 is 10.9. The monoisotopic (exact) mass is 401 g/mol. The Labute approximate surface area is 164 Å². The first kappa shape index (κ1) is 18.6. The van der Waals surface area contributed by atoms with Crippen molar-refractivity contribution in [2.75, 3.05) is 5.32 Å². The van der Waals surface area contributed by atoms with E-state index in [-0.39, 0.29) is 16.6 Å². The lowest BCUT2D eigenvalue weighted by Gasteiger charge is -2.08. The van der Waals surface area contributed by atoms with E-state index in [4.69, 9.17) is 28.2 Å². The molecule has 3 aromatic rings. The van der Waals surface area contributed by atoms with Gasteiger partial charge in [-0.3, -0.25) is 20.2 Å². The molecule has 0 spiro atoms. The zero-order valence-corrected chi connectivity index (χ0v) is 15.2. The second-order valence-corrected chi connectivity index (χ2v) is 6.23. The first-order chi connectivity index (χ1) is 12.9. The normalized spacial score (nSPS) is 10.3. The van der Waals surface area contributed by atoms with Crippen LogP contribution in [-0.2, 0) is 0 Å². The van der Waals surface area contributed by atoms with Crippen LogP contribution in [0.1, 0.15) is 10.6 Å². The summed E-state index contributed by atoms with van der Waals surface area (Å²) in [6.07, 6.45) is 0. The van der Waals surface area contributed by atoms with Gasteiger partial charge in [-0.05, 0) is 60.7 Å². The second kappa shape index (κ2) is 7.98. The summed E-state index contributed by atoms with van der Waals surface area (Å²) in [4.78, 5) is 22.4. The van der Waals surface area contributed by atoms with Crippen molar-refractivity contribution in [3.63, 3.8) is 0 Å². The molecule has 0 saturated heterocycles. The molecule has 0 aliphatic carbocycles. The lowest BCUT2D eigenvalue weighted by atomic mass is 10.2. The Morgan fingerprint density at radius 2 is 1.70 bits per heavy atom. The van der Waals surface area contributed by atoms with E-state index in [2.05, 4.69) is 10.6 Å². The summed E-state index contributed by atoms with van der Waals surface area (Å²) in [7, 11) is 0. The smallest absolute Gasteiger partial charge is 0.293 e. The van der Waals surface area contributed by atoms with Crippen LogP contribution in [-0.4, -0.2) is 15.9 Å². The fraction of sp³-hybridized carbons (Fsp3) is 0. The number of thiocarbonyl (C=S) groups is 1. The average molecular weight is 402 g/mol. The molecule has 0 aliphatic rings. The van der Waals surface area contributed by atoms with Gasteiger partial charge in [0.25, 0.3) is 11.6 Å². The predicted octanol–water partition coefficient (Wildman–Crippen LogP) is 4.64. The predicted molar refractivity (Wildman–Crippen MR) is 106 cm³/mol. The van der Waals surface area contributed by atoms with Crippen molar-refractivity contribution in [2.24, 2.45) is 0 Å². The lowest BCUT2D eigenvalue weighted by molar-refractivity contribution is -0.384. The molecule has 2 aromatic carbocycles. The minimum Gasteiger partial charge on any atom is -0.451 e. The van der Waals surface area contributed by atoms with E-state index in [1.807, 2.05) is 0 Å². The molecule has 1 aromatic heterocycles. The number of nitro groups is 1. The zero-order valence-electron chi connectivity index (χ0n) is 13.6. The van der Waals surface area contributed by atoms with Gasteiger partial charge < -0.3 is 9.73 Å². The van der Waals surface area contributed by atoms with E-state index in [9.17, 15) is 14.9 Å². The minimum absolute atomic E-state index is 0.0401. The summed E-state index contributed by atoms with van der Waals surface area (Å²) in [6, 6.07) is 15.9. The molecule has 1 heterocycles. The van der Waals surface area contributed by atoms with Crippen molar-refractivity contribution in [3.8, 4) is 11.3 Å². The Hall–Kier alpha value is -3.23. The summed E-state index contributed by atoms with van der Waals surface area (Å²) in [5, 5.41) is 16.5. The number of carbonyl (C=O) groups excluding carboxylic acids is 1. The molecule has 0 aliphatic heterocycles. The maximum atomic E-state index is 12.2. The van der Waals surface area contributed by atoms with E-state index in [0.717, 1.165) is 5.56 Å². The van der Waals surface area contributed by atoms with Crippen molar-refractivity contribution in [1.29, 1.82) is 0 Å². The number of anilines is 1. The number of carbonyl (C=O) groups is 1. The van der Waals surface area contributed by atoms with Gasteiger partial charge in [-0.2, -0.15) is 0 Å². The molecule has 27 heavy (non-hydrogen) atoms. The Morgan fingerprint density at radius 3 is 2.33 bits per heavy atom. The molecule has 2 N–H and O–H groups in total. The van der Waals surface area contributed by atoms with Crippen molar-refractivity contribution in [1.82, 2.24) is 5.32 Å². The molecular weight excluding hydrogens is 390 g/mol. The maximum absolute atomic E-state index is 12.2. The van der Waals surface area contributed by atoms with E-state index >= 15 is 0 Å². The van der Waals surface area contributed by atoms with E-state index in [0.29, 0.717) is 16.5 Å². The molecule has 3 rings (SSSR count). The Bertz CT molecular complexity index is 1000. The number of nitro benzene ring substituents is 1. The highest BCUT2D eigenvalue weighted by atomic mass is 35.5. The Kier molecular flexibility index (Phi) is 5.49. The minimum atomic E-state index is -0.519. The van der Waals surface area contributed by atoms with Gasteiger partial charge in [0.2, 0.25) is 0 Å². The van der Waals surface area contributed by atoms with Gasteiger partial charge in [0.05, 0.1) is 4.92 Å². The highest BCUT2D eigenvalue weighted by Crippen LogP contribution is 2.23. The fourth-order valence-corrected chi connectivity index (χ4v) is 2.56. The molecule has 136 valence electrons. The van der Waals surface area contributed by atoms with Crippen LogP contribution >= 0.6 is 23.8 Å². The summed E-state index contributed by atoms with van der Waals surface area (Å²) < 4.78 is 5.55. The number of hydrogen-bond acceptors (Lipinski definition) is 5. The van der Waals surface area contributed by atoms with Gasteiger partial charge in [-0.15, -0.1) is 0 Å². The third kappa shape index (κ3) is 4.69. The summed E-state index contributed by atoms with van der Waals surface area (Å²) in [5.41, 5.74) is 1.25. The van der Waals surface area contributed by atoms with E-state index in [1.165, 1.54) is 30.3 Å². The third-order valence-corrected chi connectivity index (χ3v) is 3.98. The molecule has 0 bridgehead atoms. The molecular formula is C18H12ClN3O4S. The Balaban J connectivity index is 1.62. The number of hydrogen-bond donors (Lipinski definition) is 2. The van der Waals surface area contributed by atoms with Crippen molar-refractivity contribution in [2.45, 2.75) is 0 Å². The van der Waals surface area contributed by atoms with Crippen molar-refractivity contribution in [3.05, 3.63) is 81.6 Å². The molecule has 9 heteroatoms. The molecule has 0 unspecified atom stereocenters. The van der Waals surface area contributed by atoms with Gasteiger partial charge >= 0.3 is 0 Å². The quantitative estimate of drug-likeness (QED) is 0.375. The number of nitrogens with zero attached hydrogens (tertiary/aromatic N) is 1. The van der Waals surface area contributed by atoms with Crippen LogP contribution in [0.5, 0.6) is 0 Å². The second-order valence-electron chi connectivity index (χ2n) is 5.38. The molecule has 0 radical (unpaired) electrons. The molecule has 1 amide bonds. The summed E-state index contributed by atoms with van der Waals surface area (Å²) in [6.45, 7) is 0. The van der Waals surface area contributed by atoms with Crippen LogP contribution in [0.25, 0.3) is 11.3 Å². The van der Waals surface area contributed by atoms with Crippen LogP contribution in [0.15, 0.2) is 65.1 Å². The zero-order chi connectivity index (χ0) is 19.4. The van der Waals surface area contributed by atoms with E-state index in [1.54, 1.807) is 30.3 Å². The van der Waals surface area contributed by atoms with Gasteiger partial charge in [0.1, 0.15) is 5.76 Å². The number of benzene rings is 2. The lowest BCUT2D eigenvalue weighted by Crippen LogP contribution is -2.33. The molecule has 0 saturated carbocycles. The van der Waals surface area contributed by atoms with Crippen molar-refractivity contribution >= 4 is 46.2 Å². The standard InChI is InChI=1S/C18H12ClN3O4S/c19-12-3-1-11(2-4-12)15-9-10-16(26-15)17(23)21-18(27)20-13-5-7-14(8-6-13)22(24)25/h1-10H,(H2,20,21,23,27). The van der Waals surface area contributed by atoms with Crippen molar-refractivity contribution < 1.29 is 14.1 Å². The molecule has 0 fully saturated rings. The number of amides is 1. The first-order valence-electron chi connectivity index (χ1n) is 7.65. The largest absolute Gasteiger partial charge is 0.451 e. The average Bonchev–Trinajstić information content (AvgIpc) is 3.13. The fourth-order valence-electron chi connectivity index (χ4n) is 2.22. The highest BCUT2D eigenvalue weighted by molar-refractivity contribution is 7.80. The first-order valence-corrected chi connectivity index (χ1v) is 8.43. The molecule has 0 atom stereocenters. The SMILES string of the molecule is O=C(NC(=S)Nc1ccc([N+](=O)[O-])cc1)c1ccc(-c2ccc(Cl)cc2)o1. The number of rotatable bonds is 4. The van der Waals surface area contributed by atoms with Crippen LogP contribution in [0.3, 0.4) is 0 Å². The van der Waals surface area contributed by atoms with Crippen LogP contribution in [0.2, 0.25) is 5.02 Å². The summed E-state index contributed by atoms with van der Waals surface area (Å²) in [5.74, 6) is 0.0912. The van der Waals surface area contributed by atoms with Gasteiger partial charge in [0, 0.05) is 28.4 Å².